The minimum Gasteiger partial charge on any atom is -0.383 e. The van der Waals surface area contributed by atoms with Crippen molar-refractivity contribution in [1.29, 1.82) is 0 Å². The Balaban J connectivity index is 2.27. The van der Waals surface area contributed by atoms with Crippen molar-refractivity contribution < 1.29 is 22.7 Å². The first-order chi connectivity index (χ1) is 9.54. The SMILES string of the molecule is COCCNC(=O)CCNCc1cc(F)c(F)cc1F. The quantitative estimate of drug-likeness (QED) is 0.561. The van der Waals surface area contributed by atoms with Crippen LogP contribution >= 0.6 is 0 Å². The van der Waals surface area contributed by atoms with E-state index in [1.165, 1.54) is 7.11 Å². The highest BCUT2D eigenvalue weighted by Gasteiger charge is 2.09. The lowest BCUT2D eigenvalue weighted by Crippen LogP contribution is -2.30. The summed E-state index contributed by atoms with van der Waals surface area (Å²) in [6.07, 6.45) is 0.203. The Morgan fingerprint density at radius 1 is 1.15 bits per heavy atom. The molecule has 0 heterocycles. The van der Waals surface area contributed by atoms with E-state index in [0.29, 0.717) is 25.8 Å². The number of ether oxygens (including phenoxy) is 1. The van der Waals surface area contributed by atoms with Crippen molar-refractivity contribution in [3.63, 3.8) is 0 Å². The number of hydrogen-bond donors (Lipinski definition) is 2. The third kappa shape index (κ3) is 5.58. The standard InChI is InChI=1S/C13H17F3N2O2/c1-20-5-4-18-13(19)2-3-17-8-9-6-11(15)12(16)7-10(9)14/h6-7,17H,2-5,8H2,1H3,(H,18,19). The highest BCUT2D eigenvalue weighted by Crippen LogP contribution is 2.13. The summed E-state index contributed by atoms with van der Waals surface area (Å²) < 4.78 is 43.7. The van der Waals surface area contributed by atoms with Crippen molar-refractivity contribution >= 4 is 5.91 Å². The van der Waals surface area contributed by atoms with Crippen LogP contribution in [0, 0.1) is 17.5 Å². The van der Waals surface area contributed by atoms with Gasteiger partial charge in [0, 0.05) is 44.8 Å². The molecule has 7 heteroatoms. The highest BCUT2D eigenvalue weighted by molar-refractivity contribution is 5.76. The van der Waals surface area contributed by atoms with Gasteiger partial charge in [0.15, 0.2) is 11.6 Å². The number of amides is 1. The molecule has 0 spiro atoms. The van der Waals surface area contributed by atoms with Gasteiger partial charge in [-0.15, -0.1) is 0 Å². The highest BCUT2D eigenvalue weighted by atomic mass is 19.2. The average molecular weight is 290 g/mol. The van der Waals surface area contributed by atoms with Crippen LogP contribution in [0.25, 0.3) is 0 Å². The summed E-state index contributed by atoms with van der Waals surface area (Å²) in [5.74, 6) is -3.30. The number of rotatable bonds is 8. The largest absolute Gasteiger partial charge is 0.383 e. The normalized spacial score (nSPS) is 10.6. The fourth-order valence-electron chi connectivity index (χ4n) is 1.51. The molecule has 1 aromatic carbocycles. The lowest BCUT2D eigenvalue weighted by molar-refractivity contribution is -0.121. The van der Waals surface area contributed by atoms with E-state index in [4.69, 9.17) is 4.74 Å². The van der Waals surface area contributed by atoms with Gasteiger partial charge in [-0.2, -0.15) is 0 Å². The van der Waals surface area contributed by atoms with E-state index in [9.17, 15) is 18.0 Å². The smallest absolute Gasteiger partial charge is 0.221 e. The minimum absolute atomic E-state index is 0.0173. The van der Waals surface area contributed by atoms with Crippen molar-refractivity contribution in [2.45, 2.75) is 13.0 Å². The number of carbonyl (C=O) groups excluding carboxylic acids is 1. The third-order valence-electron chi connectivity index (χ3n) is 2.56. The van der Waals surface area contributed by atoms with Gasteiger partial charge in [-0.05, 0) is 6.07 Å². The van der Waals surface area contributed by atoms with E-state index in [0.717, 1.165) is 6.07 Å². The molecule has 1 amide bonds. The monoisotopic (exact) mass is 290 g/mol. The second-order valence-corrected chi connectivity index (χ2v) is 4.13. The van der Waals surface area contributed by atoms with Crippen LogP contribution in [0.4, 0.5) is 13.2 Å². The second-order valence-electron chi connectivity index (χ2n) is 4.13. The third-order valence-corrected chi connectivity index (χ3v) is 2.56. The van der Waals surface area contributed by atoms with Crippen LogP contribution in [0.1, 0.15) is 12.0 Å². The van der Waals surface area contributed by atoms with Gasteiger partial charge in [-0.3, -0.25) is 4.79 Å². The summed E-state index contributed by atoms with van der Waals surface area (Å²) in [6.45, 7) is 1.18. The molecule has 0 bridgehead atoms. The Hall–Kier alpha value is -1.60. The lowest BCUT2D eigenvalue weighted by Gasteiger charge is -2.07. The van der Waals surface area contributed by atoms with Crippen LogP contribution in [0.5, 0.6) is 0 Å². The number of methoxy groups -OCH3 is 1. The zero-order valence-corrected chi connectivity index (χ0v) is 11.1. The van der Waals surface area contributed by atoms with Crippen LogP contribution in [0.15, 0.2) is 12.1 Å². The molecule has 112 valence electrons. The molecule has 0 unspecified atom stereocenters. The van der Waals surface area contributed by atoms with Crippen molar-refractivity contribution in [3.05, 3.63) is 35.1 Å². The summed E-state index contributed by atoms with van der Waals surface area (Å²) in [6, 6.07) is 1.31. The molecule has 0 saturated carbocycles. The topological polar surface area (TPSA) is 50.4 Å². The molecule has 0 aliphatic carbocycles. The van der Waals surface area contributed by atoms with E-state index in [-0.39, 0.29) is 24.4 Å². The van der Waals surface area contributed by atoms with E-state index >= 15 is 0 Å². The van der Waals surface area contributed by atoms with Gasteiger partial charge < -0.3 is 15.4 Å². The van der Waals surface area contributed by atoms with Crippen molar-refractivity contribution in [1.82, 2.24) is 10.6 Å². The number of benzene rings is 1. The van der Waals surface area contributed by atoms with Crippen LogP contribution in [0.3, 0.4) is 0 Å². The molecule has 1 rings (SSSR count). The van der Waals surface area contributed by atoms with E-state index in [1.54, 1.807) is 0 Å². The van der Waals surface area contributed by atoms with Gasteiger partial charge in [0.05, 0.1) is 6.61 Å². The van der Waals surface area contributed by atoms with Gasteiger partial charge in [0.25, 0.3) is 0 Å². The zero-order chi connectivity index (χ0) is 15.0. The number of carbonyl (C=O) groups is 1. The van der Waals surface area contributed by atoms with Crippen molar-refractivity contribution in [3.8, 4) is 0 Å². The van der Waals surface area contributed by atoms with Crippen molar-refractivity contribution in [2.75, 3.05) is 26.8 Å². The Bertz CT molecular complexity index is 455. The molecule has 0 saturated heterocycles. The van der Waals surface area contributed by atoms with E-state index in [1.807, 2.05) is 0 Å². The predicted molar refractivity (Wildman–Crippen MR) is 67.5 cm³/mol. The molecule has 20 heavy (non-hydrogen) atoms. The van der Waals surface area contributed by atoms with Crippen molar-refractivity contribution in [2.24, 2.45) is 0 Å². The molecule has 2 N–H and O–H groups in total. The molecule has 0 atom stereocenters. The second kappa shape index (κ2) is 8.55. The zero-order valence-electron chi connectivity index (χ0n) is 11.1. The Kier molecular flexibility index (Phi) is 7.03. The minimum atomic E-state index is -1.22. The summed E-state index contributed by atoms with van der Waals surface area (Å²) in [5, 5.41) is 5.41. The Morgan fingerprint density at radius 3 is 2.55 bits per heavy atom. The van der Waals surface area contributed by atoms with Gasteiger partial charge in [-0.25, -0.2) is 13.2 Å². The molecule has 0 aromatic heterocycles. The van der Waals surface area contributed by atoms with E-state index < -0.39 is 17.5 Å². The molecule has 0 fully saturated rings. The number of nitrogens with one attached hydrogen (secondary N) is 2. The van der Waals surface area contributed by atoms with Crippen LogP contribution in [-0.2, 0) is 16.1 Å². The first-order valence-corrected chi connectivity index (χ1v) is 6.14. The molecular weight excluding hydrogens is 273 g/mol. The maximum atomic E-state index is 13.3. The van der Waals surface area contributed by atoms with Crippen LogP contribution < -0.4 is 10.6 Å². The molecule has 0 radical (unpaired) electrons. The molecular formula is C13H17F3N2O2. The Morgan fingerprint density at radius 2 is 1.85 bits per heavy atom. The summed E-state index contributed by atoms with van der Waals surface area (Å²) in [5.41, 5.74) is 0.0173. The average Bonchev–Trinajstić information content (AvgIpc) is 2.40. The fourth-order valence-corrected chi connectivity index (χ4v) is 1.51. The maximum absolute atomic E-state index is 13.3. The summed E-state index contributed by atoms with van der Waals surface area (Å²) in [7, 11) is 1.53. The summed E-state index contributed by atoms with van der Waals surface area (Å²) >= 11 is 0. The predicted octanol–water partition coefficient (Wildman–Crippen LogP) is 1.35. The van der Waals surface area contributed by atoms with Gasteiger partial charge in [0.2, 0.25) is 5.91 Å². The molecule has 4 nitrogen and oxygen atoms in total. The molecule has 0 aliphatic heterocycles. The van der Waals surface area contributed by atoms with Gasteiger partial charge in [-0.1, -0.05) is 0 Å². The van der Waals surface area contributed by atoms with Crippen LogP contribution in [0.2, 0.25) is 0 Å². The molecule has 1 aromatic rings. The number of halogens is 3. The van der Waals surface area contributed by atoms with Crippen LogP contribution in [-0.4, -0.2) is 32.7 Å². The molecule has 0 aliphatic rings. The number of hydrogen-bond acceptors (Lipinski definition) is 3. The van der Waals surface area contributed by atoms with Gasteiger partial charge in [0.1, 0.15) is 5.82 Å². The summed E-state index contributed by atoms with van der Waals surface area (Å²) in [4.78, 5) is 11.3. The first kappa shape index (κ1) is 16.5. The van der Waals surface area contributed by atoms with Gasteiger partial charge >= 0.3 is 0 Å². The lowest BCUT2D eigenvalue weighted by atomic mass is 10.2. The van der Waals surface area contributed by atoms with E-state index in [2.05, 4.69) is 10.6 Å². The fraction of sp³-hybridized carbons (Fsp3) is 0.462. The Labute approximate surface area is 115 Å². The maximum Gasteiger partial charge on any atom is 0.221 e. The first-order valence-electron chi connectivity index (χ1n) is 6.14.